The Labute approximate surface area is 107 Å². The Morgan fingerprint density at radius 2 is 2.22 bits per heavy atom. The van der Waals surface area contributed by atoms with E-state index in [0.717, 1.165) is 25.9 Å². The summed E-state index contributed by atoms with van der Waals surface area (Å²) in [5, 5.41) is 12.7. The van der Waals surface area contributed by atoms with Crippen LogP contribution in [0.3, 0.4) is 0 Å². The van der Waals surface area contributed by atoms with E-state index in [1.165, 1.54) is 12.7 Å². The zero-order valence-corrected chi connectivity index (χ0v) is 10.5. The van der Waals surface area contributed by atoms with Crippen LogP contribution in [0.15, 0.2) is 22.8 Å². The van der Waals surface area contributed by atoms with Gasteiger partial charge in [-0.05, 0) is 31.4 Å². The second kappa shape index (κ2) is 6.56. The zero-order chi connectivity index (χ0) is 12.8. The summed E-state index contributed by atoms with van der Waals surface area (Å²) in [4.78, 5) is 13.7. The van der Waals surface area contributed by atoms with Crippen LogP contribution < -0.4 is 5.32 Å². The molecule has 1 aliphatic heterocycles. The lowest BCUT2D eigenvalue weighted by molar-refractivity contribution is -0.131. The highest BCUT2D eigenvalue weighted by Gasteiger charge is 2.16. The lowest BCUT2D eigenvalue weighted by Gasteiger charge is -2.26. The number of carbonyl (C=O) groups excluding carboxylic acids is 1. The van der Waals surface area contributed by atoms with Crippen LogP contribution >= 0.6 is 0 Å². The maximum Gasteiger partial charge on any atom is 0.236 e. The molecule has 1 saturated heterocycles. The third-order valence-electron chi connectivity index (χ3n) is 3.19. The summed E-state index contributed by atoms with van der Waals surface area (Å²) >= 11 is 0. The normalized spacial score (nSPS) is 17.7. The summed E-state index contributed by atoms with van der Waals surface area (Å²) in [7, 11) is 0. The number of hydrogen-bond donors (Lipinski definition) is 2. The molecule has 1 aromatic heterocycles. The predicted molar refractivity (Wildman–Crippen MR) is 67.0 cm³/mol. The largest absolute Gasteiger partial charge is 0.467 e. The molecule has 18 heavy (non-hydrogen) atoms. The Morgan fingerprint density at radius 1 is 1.44 bits per heavy atom. The molecule has 2 N–H and O–H groups in total. The monoisotopic (exact) mass is 252 g/mol. The molecule has 1 aromatic rings. The number of hydrogen-bond acceptors (Lipinski definition) is 4. The van der Waals surface area contributed by atoms with Gasteiger partial charge in [-0.15, -0.1) is 0 Å². The minimum Gasteiger partial charge on any atom is -0.467 e. The van der Waals surface area contributed by atoms with E-state index < -0.39 is 6.10 Å². The number of aliphatic hydroxyl groups is 1. The van der Waals surface area contributed by atoms with E-state index in [4.69, 9.17) is 4.42 Å². The first-order valence-electron chi connectivity index (χ1n) is 6.47. The van der Waals surface area contributed by atoms with E-state index in [0.29, 0.717) is 12.3 Å². The standard InChI is InChI=1S/C13H20N2O3/c16-11(12-5-4-8-18-12)9-14-10-13(17)15-6-2-1-3-7-15/h4-5,8,11,14,16H,1-3,6-7,9-10H2. The van der Waals surface area contributed by atoms with E-state index in [-0.39, 0.29) is 12.5 Å². The Bertz CT molecular complexity index is 358. The van der Waals surface area contributed by atoms with Gasteiger partial charge >= 0.3 is 0 Å². The zero-order valence-electron chi connectivity index (χ0n) is 10.5. The molecule has 0 aromatic carbocycles. The SMILES string of the molecule is O=C(CNCC(O)c1ccco1)N1CCCCC1. The average molecular weight is 252 g/mol. The van der Waals surface area contributed by atoms with Crippen molar-refractivity contribution < 1.29 is 14.3 Å². The van der Waals surface area contributed by atoms with Gasteiger partial charge in [0, 0.05) is 19.6 Å². The summed E-state index contributed by atoms with van der Waals surface area (Å²) in [5.41, 5.74) is 0. The number of likely N-dealkylation sites (tertiary alicyclic amines) is 1. The van der Waals surface area contributed by atoms with Crippen LogP contribution in [0.4, 0.5) is 0 Å². The predicted octanol–water partition coefficient (Wildman–Crippen LogP) is 0.915. The molecule has 2 rings (SSSR count). The summed E-state index contributed by atoms with van der Waals surface area (Å²) in [6.07, 6.45) is 4.24. The highest BCUT2D eigenvalue weighted by molar-refractivity contribution is 5.78. The van der Waals surface area contributed by atoms with Gasteiger partial charge < -0.3 is 19.7 Å². The average Bonchev–Trinajstić information content (AvgIpc) is 2.93. The van der Waals surface area contributed by atoms with Crippen molar-refractivity contribution in [1.82, 2.24) is 10.2 Å². The molecule has 1 fully saturated rings. The van der Waals surface area contributed by atoms with Crippen LogP contribution in [0.2, 0.25) is 0 Å². The molecular formula is C13H20N2O3. The van der Waals surface area contributed by atoms with Crippen LogP contribution in [0.1, 0.15) is 31.1 Å². The number of nitrogens with one attached hydrogen (secondary N) is 1. The lowest BCUT2D eigenvalue weighted by atomic mass is 10.1. The van der Waals surface area contributed by atoms with E-state index in [1.54, 1.807) is 12.1 Å². The quantitative estimate of drug-likeness (QED) is 0.817. The second-order valence-corrected chi connectivity index (χ2v) is 4.60. The molecule has 1 unspecified atom stereocenters. The minimum absolute atomic E-state index is 0.112. The number of amides is 1. The van der Waals surface area contributed by atoms with Crippen molar-refractivity contribution in [2.45, 2.75) is 25.4 Å². The Morgan fingerprint density at radius 3 is 2.89 bits per heavy atom. The molecule has 5 heteroatoms. The van der Waals surface area contributed by atoms with Crippen molar-refractivity contribution in [1.29, 1.82) is 0 Å². The molecular weight excluding hydrogens is 232 g/mol. The van der Waals surface area contributed by atoms with Crippen LogP contribution in [-0.2, 0) is 4.79 Å². The van der Waals surface area contributed by atoms with Gasteiger partial charge in [0.2, 0.25) is 5.91 Å². The summed E-state index contributed by atoms with van der Waals surface area (Å²) in [6, 6.07) is 3.45. The molecule has 0 bridgehead atoms. The van der Waals surface area contributed by atoms with E-state index in [9.17, 15) is 9.90 Å². The molecule has 1 aliphatic rings. The van der Waals surface area contributed by atoms with E-state index in [2.05, 4.69) is 5.32 Å². The molecule has 0 spiro atoms. The molecule has 1 amide bonds. The van der Waals surface area contributed by atoms with Crippen molar-refractivity contribution in [3.63, 3.8) is 0 Å². The molecule has 0 radical (unpaired) electrons. The summed E-state index contributed by atoms with van der Waals surface area (Å²) < 4.78 is 5.08. The fourth-order valence-corrected chi connectivity index (χ4v) is 2.15. The molecule has 100 valence electrons. The highest BCUT2D eigenvalue weighted by atomic mass is 16.4. The Balaban J connectivity index is 1.67. The first-order chi connectivity index (χ1) is 8.77. The first kappa shape index (κ1) is 13.1. The van der Waals surface area contributed by atoms with Crippen molar-refractivity contribution >= 4 is 5.91 Å². The lowest BCUT2D eigenvalue weighted by Crippen LogP contribution is -2.41. The van der Waals surface area contributed by atoms with Gasteiger partial charge in [-0.25, -0.2) is 0 Å². The second-order valence-electron chi connectivity index (χ2n) is 4.60. The summed E-state index contributed by atoms with van der Waals surface area (Å²) in [6.45, 7) is 2.33. The molecule has 5 nitrogen and oxygen atoms in total. The van der Waals surface area contributed by atoms with Gasteiger partial charge in [0.15, 0.2) is 0 Å². The highest BCUT2D eigenvalue weighted by Crippen LogP contribution is 2.11. The fraction of sp³-hybridized carbons (Fsp3) is 0.615. The van der Waals surface area contributed by atoms with Crippen molar-refractivity contribution in [2.24, 2.45) is 0 Å². The summed E-state index contributed by atoms with van der Waals surface area (Å²) in [5.74, 6) is 0.634. The van der Waals surface area contributed by atoms with Gasteiger partial charge in [-0.1, -0.05) is 0 Å². The Kier molecular flexibility index (Phi) is 4.78. The number of furan rings is 1. The van der Waals surface area contributed by atoms with Gasteiger partial charge in [0.25, 0.3) is 0 Å². The van der Waals surface area contributed by atoms with Crippen LogP contribution in [-0.4, -0.2) is 42.1 Å². The van der Waals surface area contributed by atoms with Crippen LogP contribution in [0, 0.1) is 0 Å². The maximum absolute atomic E-state index is 11.8. The minimum atomic E-state index is -0.700. The number of carbonyl (C=O) groups is 1. The van der Waals surface area contributed by atoms with E-state index in [1.807, 2.05) is 4.90 Å². The van der Waals surface area contributed by atoms with Gasteiger partial charge in [0.1, 0.15) is 11.9 Å². The topological polar surface area (TPSA) is 65.7 Å². The Hall–Kier alpha value is -1.33. The molecule has 0 aliphatic carbocycles. The number of aliphatic hydroxyl groups excluding tert-OH is 1. The molecule has 0 saturated carbocycles. The van der Waals surface area contributed by atoms with Gasteiger partial charge in [-0.3, -0.25) is 4.79 Å². The van der Waals surface area contributed by atoms with Crippen LogP contribution in [0.25, 0.3) is 0 Å². The third-order valence-corrected chi connectivity index (χ3v) is 3.19. The number of rotatable bonds is 5. The number of nitrogens with zero attached hydrogens (tertiary/aromatic N) is 1. The van der Waals surface area contributed by atoms with Crippen LogP contribution in [0.5, 0.6) is 0 Å². The number of piperidine rings is 1. The van der Waals surface area contributed by atoms with E-state index >= 15 is 0 Å². The van der Waals surface area contributed by atoms with Gasteiger partial charge in [-0.2, -0.15) is 0 Å². The van der Waals surface area contributed by atoms with Crippen molar-refractivity contribution in [2.75, 3.05) is 26.2 Å². The molecule has 2 heterocycles. The fourth-order valence-electron chi connectivity index (χ4n) is 2.15. The maximum atomic E-state index is 11.8. The molecule has 1 atom stereocenters. The smallest absolute Gasteiger partial charge is 0.236 e. The third kappa shape index (κ3) is 3.58. The van der Waals surface area contributed by atoms with Gasteiger partial charge in [0.05, 0.1) is 12.8 Å². The van der Waals surface area contributed by atoms with Crippen molar-refractivity contribution in [3.8, 4) is 0 Å². The van der Waals surface area contributed by atoms with Crippen molar-refractivity contribution in [3.05, 3.63) is 24.2 Å². The first-order valence-corrected chi connectivity index (χ1v) is 6.47.